The van der Waals surface area contributed by atoms with Crippen LogP contribution in [0, 0.1) is 18.8 Å². The van der Waals surface area contributed by atoms with Crippen molar-refractivity contribution in [2.75, 3.05) is 32.7 Å². The van der Waals surface area contributed by atoms with Gasteiger partial charge in [-0.2, -0.15) is 0 Å². The zero-order valence-electron chi connectivity index (χ0n) is 16.8. The van der Waals surface area contributed by atoms with Crippen molar-refractivity contribution in [2.24, 2.45) is 11.8 Å². The number of hydrogen-bond acceptors (Lipinski definition) is 3. The summed E-state index contributed by atoms with van der Waals surface area (Å²) in [5, 5.41) is 2.96. The van der Waals surface area contributed by atoms with Crippen LogP contribution >= 0.6 is 0 Å². The molecule has 5 heteroatoms. The average molecular weight is 360 g/mol. The maximum Gasteiger partial charge on any atom is 0.251 e. The molecule has 1 unspecified atom stereocenters. The summed E-state index contributed by atoms with van der Waals surface area (Å²) in [6.45, 7) is 14.7. The van der Waals surface area contributed by atoms with Gasteiger partial charge in [-0.05, 0) is 30.9 Å². The molecule has 0 saturated carbocycles. The second-order valence-corrected chi connectivity index (χ2v) is 8.08. The number of nitrogens with zero attached hydrogens (tertiary/aromatic N) is 2. The molecule has 1 aliphatic rings. The van der Waals surface area contributed by atoms with Crippen LogP contribution in [0.15, 0.2) is 24.3 Å². The second-order valence-electron chi connectivity index (χ2n) is 8.08. The summed E-state index contributed by atoms with van der Waals surface area (Å²) in [7, 11) is 0. The van der Waals surface area contributed by atoms with E-state index in [-0.39, 0.29) is 17.7 Å². The standard InChI is InChI=1S/C21H33N3O2/c1-15(2)14-23-9-11-24(12-10-23)21(26)19(16(3)4)22-20(25)18-8-6-7-17(5)13-18/h6-8,13,15-16,19H,9-12,14H2,1-5H3,(H,22,25). The summed E-state index contributed by atoms with van der Waals surface area (Å²) in [5.41, 5.74) is 1.64. The minimum atomic E-state index is -0.486. The molecule has 26 heavy (non-hydrogen) atoms. The molecule has 2 rings (SSSR count). The summed E-state index contributed by atoms with van der Waals surface area (Å²) >= 11 is 0. The van der Waals surface area contributed by atoms with Crippen LogP contribution < -0.4 is 5.32 Å². The van der Waals surface area contributed by atoms with Crippen LogP contribution in [0.3, 0.4) is 0 Å². The Bertz CT molecular complexity index is 619. The molecule has 5 nitrogen and oxygen atoms in total. The number of rotatable bonds is 6. The molecule has 0 aliphatic carbocycles. The van der Waals surface area contributed by atoms with Gasteiger partial charge < -0.3 is 10.2 Å². The summed E-state index contributed by atoms with van der Waals surface area (Å²) in [6.07, 6.45) is 0. The van der Waals surface area contributed by atoms with Crippen LogP contribution in [0.25, 0.3) is 0 Å². The van der Waals surface area contributed by atoms with E-state index in [0.717, 1.165) is 38.3 Å². The van der Waals surface area contributed by atoms with Gasteiger partial charge >= 0.3 is 0 Å². The molecular weight excluding hydrogens is 326 g/mol. The Morgan fingerprint density at radius 2 is 1.73 bits per heavy atom. The number of nitrogens with one attached hydrogen (secondary N) is 1. The van der Waals surface area contributed by atoms with Crippen molar-refractivity contribution in [2.45, 2.75) is 40.7 Å². The summed E-state index contributed by atoms with van der Waals surface area (Å²) < 4.78 is 0. The fraction of sp³-hybridized carbons (Fsp3) is 0.619. The van der Waals surface area contributed by atoms with Gasteiger partial charge in [-0.3, -0.25) is 14.5 Å². The third-order valence-electron chi connectivity index (χ3n) is 4.81. The molecule has 1 aromatic carbocycles. The van der Waals surface area contributed by atoms with Crippen LogP contribution in [0.2, 0.25) is 0 Å². The average Bonchev–Trinajstić information content (AvgIpc) is 2.58. The lowest BCUT2D eigenvalue weighted by Crippen LogP contribution is -2.56. The molecule has 144 valence electrons. The fourth-order valence-electron chi connectivity index (χ4n) is 3.39. The zero-order chi connectivity index (χ0) is 19.3. The maximum absolute atomic E-state index is 13.0. The van der Waals surface area contributed by atoms with Gasteiger partial charge in [0.15, 0.2) is 0 Å². The Morgan fingerprint density at radius 3 is 2.27 bits per heavy atom. The van der Waals surface area contributed by atoms with Crippen molar-refractivity contribution < 1.29 is 9.59 Å². The highest BCUT2D eigenvalue weighted by Gasteiger charge is 2.31. The molecule has 1 aliphatic heterocycles. The maximum atomic E-state index is 13.0. The first-order valence-corrected chi connectivity index (χ1v) is 9.66. The number of benzene rings is 1. The quantitative estimate of drug-likeness (QED) is 0.849. The van der Waals surface area contributed by atoms with Crippen molar-refractivity contribution in [3.8, 4) is 0 Å². The van der Waals surface area contributed by atoms with Crippen LogP contribution in [0.1, 0.15) is 43.6 Å². The minimum Gasteiger partial charge on any atom is -0.340 e. The Hall–Kier alpha value is -1.88. The third kappa shape index (κ3) is 5.56. The monoisotopic (exact) mass is 359 g/mol. The molecule has 0 spiro atoms. The van der Waals surface area contributed by atoms with Crippen molar-refractivity contribution >= 4 is 11.8 Å². The molecule has 1 heterocycles. The normalized spacial score (nSPS) is 16.8. The lowest BCUT2D eigenvalue weighted by molar-refractivity contribution is -0.136. The van der Waals surface area contributed by atoms with Crippen molar-refractivity contribution in [1.29, 1.82) is 0 Å². The third-order valence-corrected chi connectivity index (χ3v) is 4.81. The smallest absolute Gasteiger partial charge is 0.251 e. The van der Waals surface area contributed by atoms with E-state index in [0.29, 0.717) is 11.5 Å². The van der Waals surface area contributed by atoms with E-state index in [1.54, 1.807) is 6.07 Å². The lowest BCUT2D eigenvalue weighted by atomic mass is 10.0. The Morgan fingerprint density at radius 1 is 1.08 bits per heavy atom. The zero-order valence-corrected chi connectivity index (χ0v) is 16.8. The molecule has 1 atom stereocenters. The molecule has 1 saturated heterocycles. The lowest BCUT2D eigenvalue weighted by Gasteiger charge is -2.37. The number of carbonyl (C=O) groups is 2. The van der Waals surface area contributed by atoms with E-state index < -0.39 is 6.04 Å². The van der Waals surface area contributed by atoms with E-state index in [1.165, 1.54) is 0 Å². The highest BCUT2D eigenvalue weighted by molar-refractivity contribution is 5.97. The molecule has 1 fully saturated rings. The van der Waals surface area contributed by atoms with Crippen LogP contribution in [0.5, 0.6) is 0 Å². The van der Waals surface area contributed by atoms with Crippen molar-refractivity contribution in [3.05, 3.63) is 35.4 Å². The Balaban J connectivity index is 1.98. The van der Waals surface area contributed by atoms with E-state index in [4.69, 9.17) is 0 Å². The Labute approximate surface area is 157 Å². The summed E-state index contributed by atoms with van der Waals surface area (Å²) in [5.74, 6) is 0.531. The highest BCUT2D eigenvalue weighted by atomic mass is 16.2. The van der Waals surface area contributed by atoms with Gasteiger partial charge in [0.05, 0.1) is 0 Å². The van der Waals surface area contributed by atoms with Gasteiger partial charge in [0.1, 0.15) is 6.04 Å². The summed E-state index contributed by atoms with van der Waals surface area (Å²) in [4.78, 5) is 29.9. The van der Waals surface area contributed by atoms with Gasteiger partial charge in [0.25, 0.3) is 5.91 Å². The molecular formula is C21H33N3O2. The van der Waals surface area contributed by atoms with Gasteiger partial charge in [-0.25, -0.2) is 0 Å². The first-order valence-electron chi connectivity index (χ1n) is 9.66. The van der Waals surface area contributed by atoms with Gasteiger partial charge in [-0.15, -0.1) is 0 Å². The largest absolute Gasteiger partial charge is 0.340 e. The van der Waals surface area contributed by atoms with Crippen molar-refractivity contribution in [1.82, 2.24) is 15.1 Å². The predicted molar refractivity (Wildman–Crippen MR) is 105 cm³/mol. The first-order chi connectivity index (χ1) is 12.3. The topological polar surface area (TPSA) is 52.7 Å². The number of aryl methyl sites for hydroxylation is 1. The molecule has 1 N–H and O–H groups in total. The molecule has 0 bridgehead atoms. The molecule has 0 radical (unpaired) electrons. The van der Waals surface area contributed by atoms with Gasteiger partial charge in [0, 0.05) is 38.3 Å². The van der Waals surface area contributed by atoms with Gasteiger partial charge in [-0.1, -0.05) is 45.4 Å². The minimum absolute atomic E-state index is 0.0326. The second kappa shape index (κ2) is 9.17. The van der Waals surface area contributed by atoms with Gasteiger partial charge in [0.2, 0.25) is 5.91 Å². The highest BCUT2D eigenvalue weighted by Crippen LogP contribution is 2.12. The van der Waals surface area contributed by atoms with Crippen LogP contribution in [0.4, 0.5) is 0 Å². The number of carbonyl (C=O) groups excluding carboxylic acids is 2. The first kappa shape index (κ1) is 20.4. The van der Waals surface area contributed by atoms with E-state index in [1.807, 2.05) is 43.9 Å². The molecule has 0 aromatic heterocycles. The van der Waals surface area contributed by atoms with E-state index >= 15 is 0 Å². The summed E-state index contributed by atoms with van der Waals surface area (Å²) in [6, 6.07) is 6.97. The van der Waals surface area contributed by atoms with Crippen molar-refractivity contribution in [3.63, 3.8) is 0 Å². The number of amides is 2. The van der Waals surface area contributed by atoms with E-state index in [9.17, 15) is 9.59 Å². The molecule has 2 amide bonds. The number of hydrogen-bond donors (Lipinski definition) is 1. The SMILES string of the molecule is Cc1cccc(C(=O)NC(C(=O)N2CCN(CC(C)C)CC2)C(C)C)c1. The number of piperazine rings is 1. The van der Waals surface area contributed by atoms with Crippen LogP contribution in [-0.4, -0.2) is 60.4 Å². The predicted octanol–water partition coefficient (Wildman–Crippen LogP) is 2.55. The Kier molecular flexibility index (Phi) is 7.21. The molecule has 1 aromatic rings. The van der Waals surface area contributed by atoms with Crippen LogP contribution in [-0.2, 0) is 4.79 Å². The van der Waals surface area contributed by atoms with E-state index in [2.05, 4.69) is 24.1 Å². The fourth-order valence-corrected chi connectivity index (χ4v) is 3.39.